The van der Waals surface area contributed by atoms with Crippen molar-refractivity contribution in [2.75, 3.05) is 11.1 Å². The van der Waals surface area contributed by atoms with Crippen LogP contribution in [0.3, 0.4) is 0 Å². The highest BCUT2D eigenvalue weighted by molar-refractivity contribution is 8.00. The minimum absolute atomic E-state index is 0.104. The maximum absolute atomic E-state index is 13.2. The number of rotatable bonds is 11. The number of aromatic nitrogens is 2. The molecule has 202 valence electrons. The molecule has 2 fully saturated rings. The summed E-state index contributed by atoms with van der Waals surface area (Å²) in [6, 6.07) is 2.00. The zero-order valence-electron chi connectivity index (χ0n) is 20.1. The van der Waals surface area contributed by atoms with Gasteiger partial charge in [-0.1, -0.05) is 5.16 Å². The number of aliphatic carboxylic acids is 1. The van der Waals surface area contributed by atoms with E-state index in [-0.39, 0.29) is 40.6 Å². The number of carbonyl (C=O) groups is 5. The molecule has 16 heteroatoms. The Morgan fingerprint density at radius 1 is 1.31 bits per heavy atom. The topological polar surface area (TPSA) is 200 Å². The number of hydrogen-bond donors (Lipinski definition) is 3. The first kappa shape index (κ1) is 26.3. The van der Waals surface area contributed by atoms with Gasteiger partial charge in [0.1, 0.15) is 23.2 Å². The van der Waals surface area contributed by atoms with Gasteiger partial charge in [0.2, 0.25) is 12.3 Å². The minimum atomic E-state index is -1.51. The van der Waals surface area contributed by atoms with Gasteiger partial charge in [0, 0.05) is 28.8 Å². The number of anilines is 1. The second-order valence-corrected chi connectivity index (χ2v) is 10.7. The summed E-state index contributed by atoms with van der Waals surface area (Å²) in [7, 11) is 0. The van der Waals surface area contributed by atoms with Crippen LogP contribution in [-0.2, 0) is 30.6 Å². The summed E-state index contributed by atoms with van der Waals surface area (Å²) in [5.74, 6) is -3.19. The van der Waals surface area contributed by atoms with Gasteiger partial charge in [-0.3, -0.25) is 24.1 Å². The van der Waals surface area contributed by atoms with Crippen molar-refractivity contribution in [3.05, 3.63) is 52.4 Å². The van der Waals surface area contributed by atoms with E-state index in [0.717, 1.165) is 29.1 Å². The Kier molecular flexibility index (Phi) is 7.30. The fourth-order valence-electron chi connectivity index (χ4n) is 3.95. The van der Waals surface area contributed by atoms with Gasteiger partial charge in [-0.2, -0.15) is 0 Å². The number of primary amides is 1. The number of carboxylic acids is 1. The maximum Gasteiger partial charge on any atom is 0.276 e. The second-order valence-electron chi connectivity index (χ2n) is 8.77. The number of nitrogens with one attached hydrogen (secondary N) is 2. The molecule has 1 saturated heterocycles. The molecule has 2 atom stereocenters. The predicted octanol–water partition coefficient (Wildman–Crippen LogP) is -1.91. The van der Waals surface area contributed by atoms with Gasteiger partial charge in [0.05, 0.1) is 17.2 Å². The number of nitrogens with zero attached hydrogens (tertiary/aromatic N) is 4. The highest BCUT2D eigenvalue weighted by Crippen LogP contribution is 2.40. The van der Waals surface area contributed by atoms with Gasteiger partial charge in [0.25, 0.3) is 11.8 Å². The number of thiazole rings is 1. The molecule has 0 unspecified atom stereocenters. The summed E-state index contributed by atoms with van der Waals surface area (Å²) >= 11 is 2.37. The molecule has 0 spiro atoms. The zero-order chi connectivity index (χ0) is 27.7. The van der Waals surface area contributed by atoms with Crippen LogP contribution in [0.4, 0.5) is 5.13 Å². The first-order valence-corrected chi connectivity index (χ1v) is 13.6. The molecule has 2 aromatic heterocycles. The molecule has 1 aliphatic carbocycles. The summed E-state index contributed by atoms with van der Waals surface area (Å²) in [5, 5.41) is 22.1. The molecule has 0 radical (unpaired) electrons. The molecule has 1 saturated carbocycles. The van der Waals surface area contributed by atoms with Crippen molar-refractivity contribution in [2.24, 2.45) is 10.9 Å². The summed E-state index contributed by atoms with van der Waals surface area (Å²) in [4.78, 5) is 70.9. The van der Waals surface area contributed by atoms with Crippen LogP contribution < -0.4 is 26.0 Å². The maximum atomic E-state index is 13.2. The highest BCUT2D eigenvalue weighted by Gasteiger charge is 2.53. The van der Waals surface area contributed by atoms with Crippen molar-refractivity contribution in [1.82, 2.24) is 15.2 Å². The number of pyridine rings is 1. The lowest BCUT2D eigenvalue weighted by molar-refractivity contribution is -0.689. The van der Waals surface area contributed by atoms with Crippen molar-refractivity contribution < 1.29 is 38.5 Å². The van der Waals surface area contributed by atoms with E-state index in [1.165, 1.54) is 29.3 Å². The average Bonchev–Trinajstić information content (AvgIpc) is 3.63. The number of oxime groups is 1. The fraction of sp³-hybridized carbons (Fsp3) is 0.304. The van der Waals surface area contributed by atoms with E-state index in [1.807, 2.05) is 0 Å². The van der Waals surface area contributed by atoms with Crippen LogP contribution in [0.15, 0.2) is 46.3 Å². The number of β-lactam (4-membered cyclic amide) rings is 1. The van der Waals surface area contributed by atoms with E-state index in [2.05, 4.69) is 20.8 Å². The van der Waals surface area contributed by atoms with Crippen LogP contribution in [0.25, 0.3) is 0 Å². The number of amides is 4. The van der Waals surface area contributed by atoms with Gasteiger partial charge < -0.3 is 31.1 Å². The predicted molar refractivity (Wildman–Crippen MR) is 135 cm³/mol. The third-order valence-electron chi connectivity index (χ3n) is 6.04. The molecule has 5 rings (SSSR count). The van der Waals surface area contributed by atoms with E-state index in [1.54, 1.807) is 17.0 Å². The standard InChI is InChI=1S/C23H21N7O7S2/c24-18(32)11-3-5-29(6-4-11)7-12-8-38-21-16(20(34)30(21)17(12)22(35)36)27-19(33)15(28-37-13-1-2-13)14-9-39-23(26-14)25-10-31/h3-6,9-10,13,16,21H,1-2,7-8H2,(H4-,24,25,26,27,31,32,33,35,36)/b28-15-/t16-,21-/m1/s1. The third-order valence-corrected chi connectivity index (χ3v) is 8.15. The van der Waals surface area contributed by atoms with Crippen molar-refractivity contribution in [2.45, 2.75) is 36.9 Å². The molecule has 4 amide bonds. The Morgan fingerprint density at radius 2 is 2.05 bits per heavy atom. The summed E-state index contributed by atoms with van der Waals surface area (Å²) in [5.41, 5.74) is 5.72. The second kappa shape index (κ2) is 10.8. The summed E-state index contributed by atoms with van der Waals surface area (Å²) in [6.45, 7) is 0.138. The van der Waals surface area contributed by atoms with E-state index < -0.39 is 35.1 Å². The molecule has 14 nitrogen and oxygen atoms in total. The lowest BCUT2D eigenvalue weighted by atomic mass is 10.0. The lowest BCUT2D eigenvalue weighted by Crippen LogP contribution is -2.71. The van der Waals surface area contributed by atoms with Gasteiger partial charge in [-0.15, -0.1) is 23.1 Å². The molecular formula is C23H21N7O7S2. The molecular weight excluding hydrogens is 550 g/mol. The molecule has 3 aliphatic rings. The van der Waals surface area contributed by atoms with Gasteiger partial charge in [-0.05, 0) is 12.8 Å². The SMILES string of the molecule is NC(=O)c1cc[n+](CC2=C(C(=O)[O-])N3C(=O)[C@@H](NC(=O)/C(=N\OC4CC4)c4csc(NC=O)n4)[C@H]3SC2)cc1. The molecule has 0 aromatic carbocycles. The van der Waals surface area contributed by atoms with Crippen LogP contribution in [0.2, 0.25) is 0 Å². The van der Waals surface area contributed by atoms with Crippen LogP contribution in [0.1, 0.15) is 28.9 Å². The quantitative estimate of drug-likeness (QED) is 0.0904. The van der Waals surface area contributed by atoms with Gasteiger partial charge in [0.15, 0.2) is 29.8 Å². The third kappa shape index (κ3) is 5.46. The van der Waals surface area contributed by atoms with Crippen LogP contribution in [-0.4, -0.2) is 69.0 Å². The van der Waals surface area contributed by atoms with Crippen molar-refractivity contribution >= 4 is 64.0 Å². The average molecular weight is 572 g/mol. The Bertz CT molecular complexity index is 1420. The van der Waals surface area contributed by atoms with Crippen molar-refractivity contribution in [3.63, 3.8) is 0 Å². The van der Waals surface area contributed by atoms with Crippen molar-refractivity contribution in [1.29, 1.82) is 0 Å². The monoisotopic (exact) mass is 571 g/mol. The Balaban J connectivity index is 1.32. The molecule has 39 heavy (non-hydrogen) atoms. The van der Waals surface area contributed by atoms with E-state index in [0.29, 0.717) is 17.5 Å². The first-order valence-electron chi connectivity index (χ1n) is 11.6. The Morgan fingerprint density at radius 3 is 2.69 bits per heavy atom. The number of hydrogen-bond acceptors (Lipinski definition) is 11. The van der Waals surface area contributed by atoms with Crippen molar-refractivity contribution in [3.8, 4) is 0 Å². The number of carboxylic acid groups (broad SMARTS) is 1. The highest BCUT2D eigenvalue weighted by atomic mass is 32.2. The molecule has 0 bridgehead atoms. The number of fused-ring (bicyclic) bond motifs is 1. The van der Waals surface area contributed by atoms with Crippen LogP contribution in [0.5, 0.6) is 0 Å². The number of carbonyl (C=O) groups excluding carboxylic acids is 5. The lowest BCUT2D eigenvalue weighted by Gasteiger charge is -2.50. The van der Waals surface area contributed by atoms with E-state index >= 15 is 0 Å². The van der Waals surface area contributed by atoms with E-state index in [9.17, 15) is 29.1 Å². The first-order chi connectivity index (χ1) is 18.8. The Labute approximate surface area is 228 Å². The van der Waals surface area contributed by atoms with Crippen LogP contribution in [0, 0.1) is 0 Å². The molecule has 2 aliphatic heterocycles. The molecule has 4 N–H and O–H groups in total. The fourth-order valence-corrected chi connectivity index (χ4v) is 5.94. The molecule has 2 aromatic rings. The normalized spacial score (nSPS) is 20.6. The number of nitrogens with two attached hydrogens (primary N) is 1. The van der Waals surface area contributed by atoms with Gasteiger partial charge in [-0.25, -0.2) is 9.55 Å². The van der Waals surface area contributed by atoms with Gasteiger partial charge >= 0.3 is 0 Å². The number of thioether (sulfide) groups is 1. The zero-order valence-corrected chi connectivity index (χ0v) is 21.7. The Hall–Kier alpha value is -4.31. The largest absolute Gasteiger partial charge is 0.543 e. The molecule has 4 heterocycles. The summed E-state index contributed by atoms with van der Waals surface area (Å²) in [6.07, 6.45) is 5.11. The smallest absolute Gasteiger partial charge is 0.276 e. The minimum Gasteiger partial charge on any atom is -0.543 e. The van der Waals surface area contributed by atoms with E-state index in [4.69, 9.17) is 10.6 Å². The summed E-state index contributed by atoms with van der Waals surface area (Å²) < 4.78 is 1.65. The van der Waals surface area contributed by atoms with Crippen LogP contribution >= 0.6 is 23.1 Å².